The van der Waals surface area contributed by atoms with Gasteiger partial charge < -0.3 is 10.1 Å². The zero-order chi connectivity index (χ0) is 13.2. The van der Waals surface area contributed by atoms with Gasteiger partial charge in [-0.1, -0.05) is 32.6 Å². The standard InChI is InChI=1S/C14H25N3O/c1-4-6-7-8-9-10-18-13-12(3)11-16-14(17-13)15-5-2/h11H,4-10H2,1-3H3,(H,15,16,17). The van der Waals surface area contributed by atoms with Crippen molar-refractivity contribution in [3.8, 4) is 5.88 Å². The minimum Gasteiger partial charge on any atom is -0.477 e. The Kier molecular flexibility index (Phi) is 7.14. The SMILES string of the molecule is CCCCCCCOc1nc(NCC)ncc1C. The minimum absolute atomic E-state index is 0.643. The molecule has 0 saturated heterocycles. The number of aromatic nitrogens is 2. The predicted octanol–water partition coefficient (Wildman–Crippen LogP) is 3.57. The monoisotopic (exact) mass is 251 g/mol. The average Bonchev–Trinajstić information content (AvgIpc) is 2.37. The number of hydrogen-bond acceptors (Lipinski definition) is 4. The highest BCUT2D eigenvalue weighted by atomic mass is 16.5. The fourth-order valence-electron chi connectivity index (χ4n) is 1.69. The first-order valence-electron chi connectivity index (χ1n) is 6.98. The van der Waals surface area contributed by atoms with Crippen molar-refractivity contribution in [1.29, 1.82) is 0 Å². The van der Waals surface area contributed by atoms with Crippen LogP contribution in [0.25, 0.3) is 0 Å². The topological polar surface area (TPSA) is 47.0 Å². The van der Waals surface area contributed by atoms with Crippen LogP contribution in [0.5, 0.6) is 5.88 Å². The number of hydrogen-bond donors (Lipinski definition) is 1. The number of rotatable bonds is 9. The van der Waals surface area contributed by atoms with Crippen LogP contribution in [-0.2, 0) is 0 Å². The maximum absolute atomic E-state index is 5.71. The minimum atomic E-state index is 0.643. The van der Waals surface area contributed by atoms with Gasteiger partial charge in [0.05, 0.1) is 6.61 Å². The molecule has 4 nitrogen and oxygen atoms in total. The summed E-state index contributed by atoms with van der Waals surface area (Å²) in [7, 11) is 0. The van der Waals surface area contributed by atoms with Crippen LogP contribution in [0.2, 0.25) is 0 Å². The normalized spacial score (nSPS) is 10.4. The van der Waals surface area contributed by atoms with Gasteiger partial charge in [-0.15, -0.1) is 0 Å². The third-order valence-electron chi connectivity index (χ3n) is 2.75. The lowest BCUT2D eigenvalue weighted by Crippen LogP contribution is -2.06. The highest BCUT2D eigenvalue weighted by molar-refractivity contribution is 5.32. The van der Waals surface area contributed by atoms with Gasteiger partial charge in [0.25, 0.3) is 0 Å². The van der Waals surface area contributed by atoms with E-state index < -0.39 is 0 Å². The molecule has 0 bridgehead atoms. The molecule has 0 aliphatic carbocycles. The lowest BCUT2D eigenvalue weighted by molar-refractivity contribution is 0.291. The van der Waals surface area contributed by atoms with Gasteiger partial charge in [-0.3, -0.25) is 0 Å². The molecule has 0 aromatic carbocycles. The fourth-order valence-corrected chi connectivity index (χ4v) is 1.69. The second-order valence-corrected chi connectivity index (χ2v) is 4.47. The molecule has 1 rings (SSSR count). The van der Waals surface area contributed by atoms with E-state index >= 15 is 0 Å². The van der Waals surface area contributed by atoms with Gasteiger partial charge in [0.15, 0.2) is 0 Å². The van der Waals surface area contributed by atoms with E-state index in [1.54, 1.807) is 6.20 Å². The van der Waals surface area contributed by atoms with Crippen LogP contribution < -0.4 is 10.1 Å². The molecule has 1 aromatic rings. The summed E-state index contributed by atoms with van der Waals surface area (Å²) in [6.45, 7) is 7.79. The second kappa shape index (κ2) is 8.72. The van der Waals surface area contributed by atoms with Gasteiger partial charge in [-0.25, -0.2) is 4.98 Å². The number of unbranched alkanes of at least 4 members (excludes halogenated alkanes) is 4. The van der Waals surface area contributed by atoms with Crippen molar-refractivity contribution in [3.05, 3.63) is 11.8 Å². The van der Waals surface area contributed by atoms with Crippen LogP contribution in [0.1, 0.15) is 51.5 Å². The molecule has 0 radical (unpaired) electrons. The van der Waals surface area contributed by atoms with E-state index in [1.165, 1.54) is 25.7 Å². The largest absolute Gasteiger partial charge is 0.477 e. The summed E-state index contributed by atoms with van der Waals surface area (Å²) in [5, 5.41) is 3.09. The number of nitrogens with one attached hydrogen (secondary N) is 1. The van der Waals surface area contributed by atoms with Gasteiger partial charge in [0.2, 0.25) is 11.8 Å². The summed E-state index contributed by atoms with van der Waals surface area (Å²) >= 11 is 0. The number of aryl methyl sites for hydroxylation is 1. The Hall–Kier alpha value is -1.32. The molecule has 102 valence electrons. The Morgan fingerprint density at radius 2 is 1.94 bits per heavy atom. The number of nitrogens with zero attached hydrogens (tertiary/aromatic N) is 2. The molecular formula is C14H25N3O. The molecule has 0 aliphatic heterocycles. The summed E-state index contributed by atoms with van der Waals surface area (Å²) < 4.78 is 5.71. The third kappa shape index (κ3) is 5.34. The molecule has 4 heteroatoms. The van der Waals surface area contributed by atoms with Crippen molar-refractivity contribution in [2.24, 2.45) is 0 Å². The molecule has 0 unspecified atom stereocenters. The van der Waals surface area contributed by atoms with E-state index in [-0.39, 0.29) is 0 Å². The fraction of sp³-hybridized carbons (Fsp3) is 0.714. The smallest absolute Gasteiger partial charge is 0.225 e. The van der Waals surface area contributed by atoms with Crippen molar-refractivity contribution >= 4 is 5.95 Å². The maximum Gasteiger partial charge on any atom is 0.225 e. The Balaban J connectivity index is 2.34. The lowest BCUT2D eigenvalue weighted by Gasteiger charge is -2.09. The molecule has 0 amide bonds. The number of anilines is 1. The molecule has 0 aliphatic rings. The van der Waals surface area contributed by atoms with Crippen LogP contribution >= 0.6 is 0 Å². The zero-order valence-corrected chi connectivity index (χ0v) is 11.8. The van der Waals surface area contributed by atoms with Crippen LogP contribution in [0, 0.1) is 6.92 Å². The maximum atomic E-state index is 5.71. The van der Waals surface area contributed by atoms with Gasteiger partial charge >= 0.3 is 0 Å². The first kappa shape index (κ1) is 14.7. The van der Waals surface area contributed by atoms with E-state index in [0.717, 1.165) is 25.1 Å². The summed E-state index contributed by atoms with van der Waals surface area (Å²) in [5.74, 6) is 1.35. The van der Waals surface area contributed by atoms with Crippen molar-refractivity contribution in [2.75, 3.05) is 18.5 Å². The third-order valence-corrected chi connectivity index (χ3v) is 2.75. The summed E-state index contributed by atoms with van der Waals surface area (Å²) in [5.41, 5.74) is 0.991. The van der Waals surface area contributed by atoms with E-state index in [9.17, 15) is 0 Å². The predicted molar refractivity (Wildman–Crippen MR) is 75.2 cm³/mol. The molecule has 0 atom stereocenters. The average molecular weight is 251 g/mol. The van der Waals surface area contributed by atoms with E-state index in [0.29, 0.717) is 11.8 Å². The van der Waals surface area contributed by atoms with Gasteiger partial charge in [0.1, 0.15) is 0 Å². The van der Waals surface area contributed by atoms with Crippen LogP contribution in [0.3, 0.4) is 0 Å². The number of ether oxygens (including phenoxy) is 1. The summed E-state index contributed by atoms with van der Waals surface area (Å²) in [6.07, 6.45) is 8.02. The zero-order valence-electron chi connectivity index (χ0n) is 11.8. The summed E-state index contributed by atoms with van der Waals surface area (Å²) in [4.78, 5) is 8.55. The molecule has 1 heterocycles. The van der Waals surface area contributed by atoms with Crippen molar-refractivity contribution < 1.29 is 4.74 Å². The van der Waals surface area contributed by atoms with Gasteiger partial charge in [-0.05, 0) is 20.3 Å². The second-order valence-electron chi connectivity index (χ2n) is 4.47. The Morgan fingerprint density at radius 3 is 2.67 bits per heavy atom. The summed E-state index contributed by atoms with van der Waals surface area (Å²) in [6, 6.07) is 0. The Bertz CT molecular complexity index is 342. The van der Waals surface area contributed by atoms with Crippen LogP contribution in [0.15, 0.2) is 6.20 Å². The molecule has 1 aromatic heterocycles. The first-order chi connectivity index (χ1) is 8.77. The van der Waals surface area contributed by atoms with Crippen molar-refractivity contribution in [2.45, 2.75) is 52.9 Å². The van der Waals surface area contributed by atoms with Gasteiger partial charge in [0, 0.05) is 18.3 Å². The molecule has 0 fully saturated rings. The Labute approximate surface area is 110 Å². The van der Waals surface area contributed by atoms with Crippen LogP contribution in [0.4, 0.5) is 5.95 Å². The molecular weight excluding hydrogens is 226 g/mol. The van der Waals surface area contributed by atoms with Crippen LogP contribution in [-0.4, -0.2) is 23.1 Å². The Morgan fingerprint density at radius 1 is 1.17 bits per heavy atom. The highest BCUT2D eigenvalue weighted by Crippen LogP contribution is 2.15. The molecule has 0 saturated carbocycles. The van der Waals surface area contributed by atoms with Gasteiger partial charge in [-0.2, -0.15) is 4.98 Å². The molecule has 0 spiro atoms. The quantitative estimate of drug-likeness (QED) is 0.682. The highest BCUT2D eigenvalue weighted by Gasteiger charge is 2.04. The van der Waals surface area contributed by atoms with E-state index in [2.05, 4.69) is 22.2 Å². The molecule has 1 N–H and O–H groups in total. The van der Waals surface area contributed by atoms with Crippen molar-refractivity contribution in [3.63, 3.8) is 0 Å². The first-order valence-corrected chi connectivity index (χ1v) is 6.98. The van der Waals surface area contributed by atoms with Crippen molar-refractivity contribution in [1.82, 2.24) is 9.97 Å². The van der Waals surface area contributed by atoms with E-state index in [1.807, 2.05) is 13.8 Å². The lowest BCUT2D eigenvalue weighted by atomic mass is 10.2. The van der Waals surface area contributed by atoms with E-state index in [4.69, 9.17) is 4.74 Å². The molecule has 18 heavy (non-hydrogen) atoms.